The first kappa shape index (κ1) is 20.6. The molecule has 5 rings (SSSR count). The second-order valence-corrected chi connectivity index (χ2v) is 8.54. The lowest BCUT2D eigenvalue weighted by molar-refractivity contribution is 0.321. The summed E-state index contributed by atoms with van der Waals surface area (Å²) in [6.07, 6.45) is 7.60. The van der Waals surface area contributed by atoms with Gasteiger partial charge < -0.3 is 0 Å². The molecule has 1 N–H and O–H groups in total. The van der Waals surface area contributed by atoms with Gasteiger partial charge >= 0.3 is 0 Å². The minimum atomic E-state index is 0.450. The monoisotopic (exact) mass is 443 g/mol. The largest absolute Gasteiger partial charge is 0.246 e. The van der Waals surface area contributed by atoms with Gasteiger partial charge in [-0.05, 0) is 40.1 Å². The lowest BCUT2D eigenvalue weighted by Gasteiger charge is -2.23. The first-order valence-electron chi connectivity index (χ1n) is 11.1. The molecule has 2 heterocycles. The quantitative estimate of drug-likeness (QED) is 0.414. The van der Waals surface area contributed by atoms with Crippen LogP contribution in [0.1, 0.15) is 55.4 Å². The molecule has 1 fully saturated rings. The van der Waals surface area contributed by atoms with Crippen molar-refractivity contribution in [1.29, 1.82) is 0 Å². The average Bonchev–Trinajstić information content (AvgIpc) is 3.51. The molecule has 1 aliphatic rings. The van der Waals surface area contributed by atoms with Gasteiger partial charge in [-0.15, -0.1) is 10.2 Å². The minimum absolute atomic E-state index is 0.450. The van der Waals surface area contributed by atoms with Crippen molar-refractivity contribution < 1.29 is 0 Å². The summed E-state index contributed by atoms with van der Waals surface area (Å²) in [7, 11) is 0. The molecule has 1 saturated carbocycles. The molecule has 0 saturated heterocycles. The topological polar surface area (TPSA) is 85.2 Å². The summed E-state index contributed by atoms with van der Waals surface area (Å²) >= 11 is 5.04. The third-order valence-corrected chi connectivity index (χ3v) is 6.24. The van der Waals surface area contributed by atoms with Crippen molar-refractivity contribution >= 4 is 17.6 Å². The minimum Gasteiger partial charge on any atom is -0.246 e. The van der Waals surface area contributed by atoms with Gasteiger partial charge in [-0.1, -0.05) is 80.0 Å². The molecule has 4 aromatic rings. The third kappa shape index (κ3) is 4.36. The molecule has 0 unspecified atom stereocenters. The Balaban J connectivity index is 1.41. The van der Waals surface area contributed by atoms with Crippen LogP contribution < -0.4 is 0 Å². The van der Waals surface area contributed by atoms with E-state index in [1.165, 1.54) is 37.7 Å². The fraction of sp³-hybridized carbons (Fsp3) is 0.333. The second-order valence-electron chi connectivity index (χ2n) is 8.21. The third-order valence-electron chi connectivity index (χ3n) is 6.07. The Morgan fingerprint density at radius 3 is 2.50 bits per heavy atom. The van der Waals surface area contributed by atoms with Gasteiger partial charge in [0, 0.05) is 18.4 Å². The molecular weight excluding hydrogens is 418 g/mol. The Morgan fingerprint density at radius 2 is 1.78 bits per heavy atom. The molecular formula is C24H25N7S. The van der Waals surface area contributed by atoms with Crippen LogP contribution in [0.5, 0.6) is 0 Å². The van der Waals surface area contributed by atoms with Crippen LogP contribution in [0.2, 0.25) is 0 Å². The molecule has 2 aromatic heterocycles. The van der Waals surface area contributed by atoms with Gasteiger partial charge in [0.15, 0.2) is 5.82 Å². The van der Waals surface area contributed by atoms with Gasteiger partial charge in [0.25, 0.3) is 0 Å². The highest BCUT2D eigenvalue weighted by Crippen LogP contribution is 2.31. The summed E-state index contributed by atoms with van der Waals surface area (Å²) in [5, 5.41) is 21.0. The van der Waals surface area contributed by atoms with Crippen molar-refractivity contribution in [3.8, 4) is 22.5 Å². The summed E-state index contributed by atoms with van der Waals surface area (Å²) in [5.41, 5.74) is 4.36. The zero-order valence-corrected chi connectivity index (χ0v) is 18.6. The zero-order chi connectivity index (χ0) is 21.8. The van der Waals surface area contributed by atoms with E-state index in [0.717, 1.165) is 34.8 Å². The van der Waals surface area contributed by atoms with Crippen LogP contribution in [0, 0.1) is 0 Å². The maximum Gasteiger partial charge on any atom is 0.205 e. The van der Waals surface area contributed by atoms with E-state index < -0.39 is 0 Å². The molecule has 7 nitrogen and oxygen atoms in total. The van der Waals surface area contributed by atoms with E-state index in [2.05, 4.69) is 55.6 Å². The molecule has 0 atom stereocenters. The van der Waals surface area contributed by atoms with Crippen LogP contribution in [0.25, 0.3) is 22.5 Å². The predicted octanol–water partition coefficient (Wildman–Crippen LogP) is 4.76. The van der Waals surface area contributed by atoms with Crippen LogP contribution in [-0.2, 0) is 12.8 Å². The second kappa shape index (κ2) is 9.48. The van der Waals surface area contributed by atoms with Crippen molar-refractivity contribution in [3.05, 3.63) is 65.7 Å². The Morgan fingerprint density at radius 1 is 1.00 bits per heavy atom. The molecule has 2 aromatic carbocycles. The van der Waals surface area contributed by atoms with E-state index in [-0.39, 0.29) is 0 Å². The fourth-order valence-corrected chi connectivity index (χ4v) is 4.64. The summed E-state index contributed by atoms with van der Waals surface area (Å²) in [6.45, 7) is 0. The number of H-pyrrole nitrogens is 1. The van der Waals surface area contributed by atoms with Gasteiger partial charge in [-0.3, -0.25) is 0 Å². The first-order valence-corrected chi connectivity index (χ1v) is 11.6. The van der Waals surface area contributed by atoms with Crippen molar-refractivity contribution in [2.45, 2.75) is 51.0 Å². The zero-order valence-electron chi connectivity index (χ0n) is 17.8. The highest BCUT2D eigenvalue weighted by Gasteiger charge is 2.21. The van der Waals surface area contributed by atoms with Crippen LogP contribution in [0.4, 0.5) is 0 Å². The summed E-state index contributed by atoms with van der Waals surface area (Å²) < 4.78 is 2.17. The highest BCUT2D eigenvalue weighted by atomic mass is 32.1. The molecule has 0 aliphatic heterocycles. The van der Waals surface area contributed by atoms with Crippen molar-refractivity contribution in [2.75, 3.05) is 0 Å². The average molecular weight is 444 g/mol. The number of aromatic amines is 1. The van der Waals surface area contributed by atoms with Crippen LogP contribution in [-0.4, -0.2) is 40.8 Å². The Bertz CT molecular complexity index is 1180. The number of nitrogens with one attached hydrogen (secondary N) is 1. The van der Waals surface area contributed by atoms with Gasteiger partial charge in [0.2, 0.25) is 5.82 Å². The molecule has 8 heteroatoms. The molecule has 0 radical (unpaired) electrons. The molecule has 0 bridgehead atoms. The number of thiocarbonyl (C=S) groups is 1. The lowest BCUT2D eigenvalue weighted by atomic mass is 9.95. The number of hydrogen-bond acceptors (Lipinski definition) is 6. The van der Waals surface area contributed by atoms with Crippen LogP contribution in [0.15, 0.2) is 48.5 Å². The molecule has 162 valence electrons. The maximum absolute atomic E-state index is 5.04. The Hall–Kier alpha value is -3.26. The van der Waals surface area contributed by atoms with E-state index in [1.54, 1.807) is 5.37 Å². The van der Waals surface area contributed by atoms with E-state index in [1.807, 2.05) is 18.2 Å². The maximum atomic E-state index is 5.04. The molecule has 0 spiro atoms. The van der Waals surface area contributed by atoms with Gasteiger partial charge in [-0.25, -0.2) is 9.67 Å². The van der Waals surface area contributed by atoms with E-state index in [4.69, 9.17) is 22.3 Å². The molecule has 32 heavy (non-hydrogen) atoms. The fourth-order valence-electron chi connectivity index (χ4n) is 4.49. The standard InChI is InChI=1S/C24H25N7S/c32-15-14-22-25-23(31(28-22)19-6-2-1-3-7-19)16-17-10-12-18(13-11-17)20-8-4-5-9-21(20)24-26-29-30-27-24/h4-5,8-13,15,19H,1-3,6-7,14,16H2,(H,26,27,29,30). The van der Waals surface area contributed by atoms with Gasteiger partial charge in [0.1, 0.15) is 5.82 Å². The molecule has 1 aliphatic carbocycles. The van der Waals surface area contributed by atoms with Gasteiger partial charge in [0.05, 0.1) is 6.04 Å². The number of benzene rings is 2. The summed E-state index contributed by atoms with van der Waals surface area (Å²) in [4.78, 5) is 4.83. The number of aromatic nitrogens is 7. The number of hydrogen-bond donors (Lipinski definition) is 1. The summed E-state index contributed by atoms with van der Waals surface area (Å²) in [6, 6.07) is 17.2. The van der Waals surface area contributed by atoms with E-state index in [0.29, 0.717) is 18.3 Å². The van der Waals surface area contributed by atoms with E-state index >= 15 is 0 Å². The van der Waals surface area contributed by atoms with Crippen LogP contribution >= 0.6 is 12.2 Å². The smallest absolute Gasteiger partial charge is 0.205 e. The Labute approximate surface area is 192 Å². The predicted molar refractivity (Wildman–Crippen MR) is 127 cm³/mol. The first-order chi connectivity index (χ1) is 15.8. The number of rotatable bonds is 7. The normalized spacial score (nSPS) is 14.5. The lowest BCUT2D eigenvalue weighted by Crippen LogP contribution is -2.17. The highest BCUT2D eigenvalue weighted by molar-refractivity contribution is 7.78. The molecule has 0 amide bonds. The van der Waals surface area contributed by atoms with E-state index in [9.17, 15) is 0 Å². The number of tetrazole rings is 1. The van der Waals surface area contributed by atoms with Crippen molar-refractivity contribution in [1.82, 2.24) is 35.4 Å². The van der Waals surface area contributed by atoms with Crippen molar-refractivity contribution in [2.24, 2.45) is 0 Å². The SMILES string of the molecule is S=CCc1nc(Cc2ccc(-c3ccccc3-c3nn[nH]n3)cc2)n(C2CCCCC2)n1. The Kier molecular flexibility index (Phi) is 6.11. The number of nitrogens with zero attached hydrogens (tertiary/aromatic N) is 6. The van der Waals surface area contributed by atoms with Gasteiger partial charge in [-0.2, -0.15) is 10.3 Å². The summed E-state index contributed by atoms with van der Waals surface area (Å²) in [5.74, 6) is 2.45. The van der Waals surface area contributed by atoms with Crippen LogP contribution in [0.3, 0.4) is 0 Å². The van der Waals surface area contributed by atoms with Crippen molar-refractivity contribution in [3.63, 3.8) is 0 Å².